The smallest absolute Gasteiger partial charge is 0.409 e. The van der Waals surface area contributed by atoms with Crippen molar-refractivity contribution in [3.05, 3.63) is 82.4 Å². The second-order valence-corrected chi connectivity index (χ2v) is 11.4. The third kappa shape index (κ3) is 7.59. The Balaban J connectivity index is 1.61. The van der Waals surface area contributed by atoms with E-state index in [0.29, 0.717) is 33.1 Å². The number of halogens is 2. The van der Waals surface area contributed by atoms with Crippen LogP contribution in [0.4, 0.5) is 10.5 Å². The van der Waals surface area contributed by atoms with E-state index in [4.69, 9.17) is 28.3 Å². The van der Waals surface area contributed by atoms with Crippen LogP contribution in [0.25, 0.3) is 22.9 Å². The highest BCUT2D eigenvalue weighted by molar-refractivity contribution is 7.90. The Morgan fingerprint density at radius 3 is 2.50 bits per heavy atom. The Labute approximate surface area is 237 Å². The molecule has 0 saturated carbocycles. The lowest BCUT2D eigenvalue weighted by Gasteiger charge is -2.17. The quantitative estimate of drug-likeness (QED) is 0.240. The van der Waals surface area contributed by atoms with E-state index in [0.717, 1.165) is 6.26 Å². The summed E-state index contributed by atoms with van der Waals surface area (Å²) in [5.41, 5.74) is 2.55. The van der Waals surface area contributed by atoms with Crippen molar-refractivity contribution >= 4 is 56.8 Å². The van der Waals surface area contributed by atoms with Gasteiger partial charge in [-0.2, -0.15) is 9.78 Å². The Morgan fingerprint density at radius 1 is 1.10 bits per heavy atom. The molecule has 3 N–H and O–H groups in total. The molecule has 0 saturated heterocycles. The molecule has 0 bridgehead atoms. The number of anilines is 1. The zero-order valence-electron chi connectivity index (χ0n) is 20.6. The fraction of sp³-hybridized carbons (Fsp3) is 0.125. The summed E-state index contributed by atoms with van der Waals surface area (Å²) >= 11 is 12.4. The molecule has 13 nitrogen and oxygen atoms in total. The molecule has 0 spiro atoms. The summed E-state index contributed by atoms with van der Waals surface area (Å²) in [6, 6.07) is 11.7. The average Bonchev–Trinajstić information content (AvgIpc) is 3.42. The second kappa shape index (κ2) is 12.2. The predicted molar refractivity (Wildman–Crippen MR) is 148 cm³/mol. The lowest BCUT2D eigenvalue weighted by molar-refractivity contribution is -0.117. The van der Waals surface area contributed by atoms with Gasteiger partial charge >= 0.3 is 6.09 Å². The van der Waals surface area contributed by atoms with Gasteiger partial charge in [0, 0.05) is 34.2 Å². The van der Waals surface area contributed by atoms with Crippen molar-refractivity contribution in [3.63, 3.8) is 0 Å². The minimum Gasteiger partial charge on any atom is -0.465 e. The van der Waals surface area contributed by atoms with Gasteiger partial charge in [0.1, 0.15) is 16.2 Å². The molecule has 16 heteroatoms. The topological polar surface area (TPSA) is 182 Å². The van der Waals surface area contributed by atoms with Crippen LogP contribution in [-0.2, 0) is 14.6 Å². The number of rotatable bonds is 9. The van der Waals surface area contributed by atoms with Gasteiger partial charge in [-0.05, 0) is 58.5 Å². The predicted octanol–water partition coefficient (Wildman–Crippen LogP) is 3.43. The summed E-state index contributed by atoms with van der Waals surface area (Å²) in [7, 11) is -3.58. The maximum Gasteiger partial charge on any atom is 0.409 e. The maximum absolute atomic E-state index is 12.9. The summed E-state index contributed by atoms with van der Waals surface area (Å²) in [5.74, 6) is -1.07. The molecule has 2 amide bonds. The number of hydrogen-bond acceptors (Lipinski definition) is 9. The van der Waals surface area contributed by atoms with Gasteiger partial charge in [0.25, 0.3) is 0 Å². The summed E-state index contributed by atoms with van der Waals surface area (Å²) in [6.07, 6.45) is 3.91. The van der Waals surface area contributed by atoms with Crippen molar-refractivity contribution < 1.29 is 23.1 Å². The van der Waals surface area contributed by atoms with Gasteiger partial charge in [-0.25, -0.2) is 13.2 Å². The number of benzene rings is 2. The molecule has 2 aromatic carbocycles. The SMILES string of the molecule is CS(=O)(=O)CC(NC(=O)C=Cc1cc(Cl)ccc1-n1cnnn1)c1cc(-c2ccc(NC(=O)O)cc2)c(Cl)nn1. The van der Waals surface area contributed by atoms with Crippen LogP contribution in [0.5, 0.6) is 0 Å². The van der Waals surface area contributed by atoms with Gasteiger partial charge in [0.05, 0.1) is 23.2 Å². The molecule has 4 aromatic rings. The van der Waals surface area contributed by atoms with E-state index in [2.05, 4.69) is 36.4 Å². The van der Waals surface area contributed by atoms with Gasteiger partial charge < -0.3 is 10.4 Å². The third-order valence-corrected chi connectivity index (χ3v) is 6.81. The first-order chi connectivity index (χ1) is 19.0. The molecular formula is C24H20Cl2N8O5S. The molecule has 0 radical (unpaired) electrons. The van der Waals surface area contributed by atoms with E-state index >= 15 is 0 Å². The number of aromatic nitrogens is 6. The Bertz CT molecular complexity index is 1680. The number of carboxylic acid groups (broad SMARTS) is 1. The minimum absolute atomic E-state index is 0.0307. The number of carbonyl (C=O) groups excluding carboxylic acids is 1. The van der Waals surface area contributed by atoms with Crippen LogP contribution in [0.1, 0.15) is 17.3 Å². The second-order valence-electron chi connectivity index (χ2n) is 8.43. The van der Waals surface area contributed by atoms with Crippen LogP contribution < -0.4 is 10.6 Å². The van der Waals surface area contributed by atoms with Gasteiger partial charge in [0.2, 0.25) is 5.91 Å². The van der Waals surface area contributed by atoms with Crippen LogP contribution in [0, 0.1) is 0 Å². The summed E-state index contributed by atoms with van der Waals surface area (Å²) in [5, 5.41) is 33.2. The zero-order valence-corrected chi connectivity index (χ0v) is 22.9. The Morgan fingerprint density at radius 2 is 1.85 bits per heavy atom. The van der Waals surface area contributed by atoms with Gasteiger partial charge in [-0.3, -0.25) is 10.1 Å². The van der Waals surface area contributed by atoms with Crippen molar-refractivity contribution in [2.75, 3.05) is 17.3 Å². The standard InChI is InChI=1S/C24H20Cl2N8O5S/c1-40(38,39)12-20(19-11-18(23(26)31-30-19)14-2-6-17(7-3-14)28-24(36)37)29-22(35)9-4-15-10-16(25)5-8-21(15)34-13-27-32-33-34/h2-11,13,20,28H,12H2,1H3,(H,29,35)(H,36,37). The van der Waals surface area contributed by atoms with Crippen LogP contribution >= 0.6 is 23.2 Å². The zero-order chi connectivity index (χ0) is 28.9. The number of amides is 2. The number of nitrogens with zero attached hydrogens (tertiary/aromatic N) is 6. The fourth-order valence-corrected chi connectivity index (χ4v) is 4.89. The van der Waals surface area contributed by atoms with Crippen molar-refractivity contribution in [2.24, 2.45) is 0 Å². The maximum atomic E-state index is 12.9. The number of sulfone groups is 1. The van der Waals surface area contributed by atoms with Crippen LogP contribution in [0.2, 0.25) is 10.2 Å². The monoisotopic (exact) mass is 602 g/mol. The highest BCUT2D eigenvalue weighted by atomic mass is 35.5. The molecule has 0 aliphatic carbocycles. The third-order valence-electron chi connectivity index (χ3n) is 5.36. The van der Waals surface area contributed by atoms with Gasteiger partial charge in [-0.1, -0.05) is 35.3 Å². The van der Waals surface area contributed by atoms with Gasteiger partial charge in [-0.15, -0.1) is 10.2 Å². The van der Waals surface area contributed by atoms with E-state index < -0.39 is 33.6 Å². The Hall–Kier alpha value is -4.40. The van der Waals surface area contributed by atoms with Crippen molar-refractivity contribution in [3.8, 4) is 16.8 Å². The lowest BCUT2D eigenvalue weighted by Crippen LogP contribution is -2.32. The number of carbonyl (C=O) groups is 2. The fourth-order valence-electron chi connectivity index (χ4n) is 3.65. The molecule has 0 fully saturated rings. The molecule has 1 unspecified atom stereocenters. The summed E-state index contributed by atoms with van der Waals surface area (Å²) in [4.78, 5) is 23.8. The van der Waals surface area contributed by atoms with Crippen molar-refractivity contribution in [1.29, 1.82) is 0 Å². The first kappa shape index (κ1) is 28.6. The van der Waals surface area contributed by atoms with Crippen LogP contribution in [0.15, 0.2) is 60.9 Å². The molecule has 4 rings (SSSR count). The van der Waals surface area contributed by atoms with E-state index in [1.807, 2.05) is 0 Å². The number of nitrogens with one attached hydrogen (secondary N) is 2. The van der Waals surface area contributed by atoms with Crippen molar-refractivity contribution in [2.45, 2.75) is 6.04 Å². The van der Waals surface area contributed by atoms with Crippen molar-refractivity contribution in [1.82, 2.24) is 35.7 Å². The summed E-state index contributed by atoms with van der Waals surface area (Å²) in [6.45, 7) is 0. The highest BCUT2D eigenvalue weighted by Crippen LogP contribution is 2.29. The minimum atomic E-state index is -3.58. The molecule has 1 atom stereocenters. The number of tetrazole rings is 1. The van der Waals surface area contributed by atoms with E-state index in [-0.39, 0.29) is 10.8 Å². The number of hydrogen-bond donors (Lipinski definition) is 3. The first-order valence-corrected chi connectivity index (χ1v) is 14.1. The molecule has 40 heavy (non-hydrogen) atoms. The Kier molecular flexibility index (Phi) is 8.72. The van der Waals surface area contributed by atoms with Crippen LogP contribution in [0.3, 0.4) is 0 Å². The van der Waals surface area contributed by atoms with E-state index in [1.54, 1.807) is 30.3 Å². The average molecular weight is 603 g/mol. The molecular weight excluding hydrogens is 583 g/mol. The largest absolute Gasteiger partial charge is 0.465 e. The molecule has 2 heterocycles. The van der Waals surface area contributed by atoms with E-state index in [9.17, 15) is 18.0 Å². The first-order valence-electron chi connectivity index (χ1n) is 11.3. The molecule has 0 aliphatic rings. The lowest BCUT2D eigenvalue weighted by atomic mass is 10.1. The molecule has 2 aromatic heterocycles. The van der Waals surface area contributed by atoms with Crippen LogP contribution in [-0.4, -0.2) is 67.9 Å². The molecule has 0 aliphatic heterocycles. The highest BCUT2D eigenvalue weighted by Gasteiger charge is 2.22. The van der Waals surface area contributed by atoms with Gasteiger partial charge in [0.15, 0.2) is 5.15 Å². The van der Waals surface area contributed by atoms with E-state index in [1.165, 1.54) is 41.4 Å². The molecule has 206 valence electrons. The normalized spacial score (nSPS) is 12.3. The summed E-state index contributed by atoms with van der Waals surface area (Å²) < 4.78 is 25.8.